The molecule has 1 aromatic rings. The van der Waals surface area contributed by atoms with Gasteiger partial charge in [0.1, 0.15) is 0 Å². The van der Waals surface area contributed by atoms with Crippen molar-refractivity contribution in [1.29, 1.82) is 0 Å². The molecule has 0 bridgehead atoms. The summed E-state index contributed by atoms with van der Waals surface area (Å²) in [4.78, 5) is 22.8. The summed E-state index contributed by atoms with van der Waals surface area (Å²) >= 11 is 15.3. The highest BCUT2D eigenvalue weighted by atomic mass is 79.9. The number of anilines is 1. The van der Waals surface area contributed by atoms with E-state index in [1.807, 2.05) is 0 Å². The minimum Gasteiger partial charge on any atom is -0.481 e. The van der Waals surface area contributed by atoms with Gasteiger partial charge in [-0.15, -0.1) is 0 Å². The monoisotopic (exact) mass is 394 g/mol. The lowest BCUT2D eigenvalue weighted by Gasteiger charge is -2.15. The Morgan fingerprint density at radius 3 is 2.38 bits per heavy atom. The molecular weight excluding hydrogens is 383 g/mol. The Bertz CT molecular complexity index is 560. The van der Waals surface area contributed by atoms with Crippen molar-refractivity contribution in [3.8, 4) is 0 Å². The van der Waals surface area contributed by atoms with Crippen LogP contribution >= 0.6 is 39.1 Å². The van der Waals surface area contributed by atoms with Crippen LogP contribution in [0.4, 0.5) is 10.5 Å². The second kappa shape index (κ2) is 6.85. The van der Waals surface area contributed by atoms with Crippen molar-refractivity contribution in [2.45, 2.75) is 25.3 Å². The third-order valence-electron chi connectivity index (χ3n) is 3.36. The lowest BCUT2D eigenvalue weighted by atomic mass is 10.1. The Labute approximate surface area is 140 Å². The molecule has 0 unspecified atom stereocenters. The Morgan fingerprint density at radius 2 is 1.86 bits per heavy atom. The van der Waals surface area contributed by atoms with E-state index in [1.165, 1.54) is 0 Å². The summed E-state index contributed by atoms with van der Waals surface area (Å²) in [6, 6.07) is 2.65. The van der Waals surface area contributed by atoms with Crippen LogP contribution in [-0.2, 0) is 4.79 Å². The standard InChI is InChI=1S/C13H13BrCl2N2O3/c14-7-4-9(15)11(10(16)5-7)18-13(21)17-8-2-1-6(3-8)12(19)20/h4-6,8H,1-3H2,(H,19,20)(H2,17,18,21)/t6-,8+/m1/s1. The van der Waals surface area contributed by atoms with E-state index >= 15 is 0 Å². The summed E-state index contributed by atoms with van der Waals surface area (Å²) in [7, 11) is 0. The highest BCUT2D eigenvalue weighted by Crippen LogP contribution is 2.34. The van der Waals surface area contributed by atoms with Gasteiger partial charge in [-0.05, 0) is 31.4 Å². The van der Waals surface area contributed by atoms with Crippen LogP contribution in [0.2, 0.25) is 10.0 Å². The maximum Gasteiger partial charge on any atom is 0.319 e. The van der Waals surface area contributed by atoms with Gasteiger partial charge < -0.3 is 15.7 Å². The van der Waals surface area contributed by atoms with Crippen molar-refractivity contribution in [1.82, 2.24) is 5.32 Å². The van der Waals surface area contributed by atoms with Crippen LogP contribution < -0.4 is 10.6 Å². The number of halogens is 3. The number of carboxylic acid groups (broad SMARTS) is 1. The number of nitrogens with one attached hydrogen (secondary N) is 2. The van der Waals surface area contributed by atoms with Crippen LogP contribution in [0.1, 0.15) is 19.3 Å². The first-order valence-electron chi connectivity index (χ1n) is 6.31. The third-order valence-corrected chi connectivity index (χ3v) is 4.42. The molecule has 1 aromatic carbocycles. The molecule has 2 amide bonds. The SMILES string of the molecule is O=C(Nc1c(Cl)cc(Br)cc1Cl)N[C@H]1CC[C@@H](C(=O)O)C1. The van der Waals surface area contributed by atoms with Gasteiger partial charge in [0.05, 0.1) is 21.7 Å². The number of aliphatic carboxylic acids is 1. The van der Waals surface area contributed by atoms with Crippen molar-refractivity contribution < 1.29 is 14.7 Å². The smallest absolute Gasteiger partial charge is 0.319 e. The zero-order valence-electron chi connectivity index (χ0n) is 10.8. The minimum absolute atomic E-state index is 0.154. The fourth-order valence-corrected chi connectivity index (χ4v) is 3.64. The quantitative estimate of drug-likeness (QED) is 0.719. The summed E-state index contributed by atoms with van der Waals surface area (Å²) < 4.78 is 0.712. The summed E-state index contributed by atoms with van der Waals surface area (Å²) in [5.41, 5.74) is 0.326. The lowest BCUT2D eigenvalue weighted by molar-refractivity contribution is -0.141. The molecule has 1 aliphatic rings. The molecule has 5 nitrogen and oxygen atoms in total. The van der Waals surface area contributed by atoms with E-state index in [2.05, 4.69) is 26.6 Å². The van der Waals surface area contributed by atoms with Crippen LogP contribution in [0.25, 0.3) is 0 Å². The van der Waals surface area contributed by atoms with Gasteiger partial charge in [-0.25, -0.2) is 4.79 Å². The van der Waals surface area contributed by atoms with Gasteiger partial charge in [0, 0.05) is 10.5 Å². The normalized spacial score (nSPS) is 21.1. The molecule has 0 radical (unpaired) electrons. The molecule has 114 valence electrons. The summed E-state index contributed by atoms with van der Waals surface area (Å²) in [6.45, 7) is 0. The predicted octanol–water partition coefficient (Wildman–Crippen LogP) is 4.13. The molecule has 2 rings (SSSR count). The van der Waals surface area contributed by atoms with Crippen molar-refractivity contribution in [3.05, 3.63) is 26.7 Å². The molecule has 1 aliphatic carbocycles. The molecule has 2 atom stereocenters. The highest BCUT2D eigenvalue weighted by Gasteiger charge is 2.30. The molecule has 1 saturated carbocycles. The molecule has 1 fully saturated rings. The summed E-state index contributed by atoms with van der Waals surface area (Å²) in [5.74, 6) is -1.21. The molecule has 0 aliphatic heterocycles. The highest BCUT2D eigenvalue weighted by molar-refractivity contribution is 9.10. The number of carbonyl (C=O) groups excluding carboxylic acids is 1. The van der Waals surface area contributed by atoms with E-state index in [-0.39, 0.29) is 6.04 Å². The van der Waals surface area contributed by atoms with Gasteiger partial charge in [-0.1, -0.05) is 39.1 Å². The van der Waals surface area contributed by atoms with Gasteiger partial charge in [0.2, 0.25) is 0 Å². The number of carboxylic acids is 1. The Hall–Kier alpha value is -0.980. The van der Waals surface area contributed by atoms with Gasteiger partial charge in [-0.3, -0.25) is 4.79 Å². The fourth-order valence-electron chi connectivity index (χ4n) is 2.33. The molecule has 8 heteroatoms. The van der Waals surface area contributed by atoms with E-state index in [4.69, 9.17) is 28.3 Å². The first-order chi connectivity index (χ1) is 9.86. The van der Waals surface area contributed by atoms with Crippen molar-refractivity contribution in [2.75, 3.05) is 5.32 Å². The average Bonchev–Trinajstić information content (AvgIpc) is 2.82. The van der Waals surface area contributed by atoms with Gasteiger partial charge in [0.25, 0.3) is 0 Å². The first kappa shape index (κ1) is 16.4. The number of benzene rings is 1. The number of urea groups is 1. The molecule has 3 N–H and O–H groups in total. The Morgan fingerprint density at radius 1 is 1.24 bits per heavy atom. The van der Waals surface area contributed by atoms with E-state index in [1.54, 1.807) is 12.1 Å². The Kier molecular flexibility index (Phi) is 5.35. The predicted molar refractivity (Wildman–Crippen MR) is 85.1 cm³/mol. The van der Waals surface area contributed by atoms with Gasteiger partial charge in [-0.2, -0.15) is 0 Å². The summed E-state index contributed by atoms with van der Waals surface area (Å²) in [6.07, 6.45) is 1.65. The van der Waals surface area contributed by atoms with Crippen LogP contribution in [-0.4, -0.2) is 23.1 Å². The second-order valence-electron chi connectivity index (χ2n) is 4.89. The molecular formula is C13H13BrCl2N2O3. The topological polar surface area (TPSA) is 78.4 Å². The number of rotatable bonds is 3. The maximum absolute atomic E-state index is 11.9. The van der Waals surface area contributed by atoms with Crippen LogP contribution in [0, 0.1) is 5.92 Å². The molecule has 21 heavy (non-hydrogen) atoms. The van der Waals surface area contributed by atoms with Crippen LogP contribution in [0.5, 0.6) is 0 Å². The first-order valence-corrected chi connectivity index (χ1v) is 7.86. The zero-order chi connectivity index (χ0) is 15.6. The van der Waals surface area contributed by atoms with Crippen LogP contribution in [0.3, 0.4) is 0 Å². The number of hydrogen-bond acceptors (Lipinski definition) is 2. The van der Waals surface area contributed by atoms with Crippen molar-refractivity contribution in [2.24, 2.45) is 5.92 Å². The fraction of sp³-hybridized carbons (Fsp3) is 0.385. The van der Waals surface area contributed by atoms with E-state index < -0.39 is 17.9 Å². The molecule has 0 spiro atoms. The molecule has 0 heterocycles. The Balaban J connectivity index is 1.96. The van der Waals surface area contributed by atoms with Gasteiger partial charge >= 0.3 is 12.0 Å². The summed E-state index contributed by atoms with van der Waals surface area (Å²) in [5, 5.41) is 14.9. The molecule has 0 aromatic heterocycles. The minimum atomic E-state index is -0.821. The van der Waals surface area contributed by atoms with Crippen molar-refractivity contribution in [3.63, 3.8) is 0 Å². The second-order valence-corrected chi connectivity index (χ2v) is 6.62. The third kappa shape index (κ3) is 4.25. The van der Waals surface area contributed by atoms with Crippen molar-refractivity contribution >= 4 is 56.8 Å². The molecule has 0 saturated heterocycles. The number of hydrogen-bond donors (Lipinski definition) is 3. The van der Waals surface area contributed by atoms with E-state index in [0.29, 0.717) is 39.5 Å². The average molecular weight is 396 g/mol. The number of amides is 2. The zero-order valence-corrected chi connectivity index (χ0v) is 13.9. The largest absolute Gasteiger partial charge is 0.481 e. The van der Waals surface area contributed by atoms with Gasteiger partial charge in [0.15, 0.2) is 0 Å². The van der Waals surface area contributed by atoms with E-state index in [0.717, 1.165) is 0 Å². The number of carbonyl (C=O) groups is 2. The van der Waals surface area contributed by atoms with E-state index in [9.17, 15) is 9.59 Å². The lowest BCUT2D eigenvalue weighted by Crippen LogP contribution is -2.36. The maximum atomic E-state index is 11.9. The van der Waals surface area contributed by atoms with Crippen LogP contribution in [0.15, 0.2) is 16.6 Å².